The van der Waals surface area contributed by atoms with Crippen molar-refractivity contribution in [3.05, 3.63) is 42.0 Å². The fourth-order valence-corrected chi connectivity index (χ4v) is 9.82. The Balaban J connectivity index is 1.25. The summed E-state index contributed by atoms with van der Waals surface area (Å²) < 4.78 is 50.6. The van der Waals surface area contributed by atoms with Crippen molar-refractivity contribution >= 4 is 27.5 Å². The Morgan fingerprint density at radius 1 is 1.04 bits per heavy atom. The number of pyridine rings is 1. The van der Waals surface area contributed by atoms with Gasteiger partial charge < -0.3 is 29.3 Å². The minimum atomic E-state index is -1.24. The Bertz CT molecular complexity index is 2140. The minimum absolute atomic E-state index is 0.00894. The maximum absolute atomic E-state index is 17.2. The van der Waals surface area contributed by atoms with Crippen molar-refractivity contribution in [3.63, 3.8) is 0 Å². The molecule has 2 N–H and O–H groups in total. The van der Waals surface area contributed by atoms with E-state index < -0.39 is 17.2 Å². The number of likely N-dealkylation sites (tertiary alicyclic amines) is 1. The van der Waals surface area contributed by atoms with Crippen LogP contribution in [0.4, 0.5) is 14.6 Å². The molecule has 4 aromatic rings. The smallest absolute Gasteiger partial charge is 0.319 e. The molecule has 0 unspecified atom stereocenters. The van der Waals surface area contributed by atoms with E-state index in [0.29, 0.717) is 24.6 Å². The van der Waals surface area contributed by atoms with E-state index in [-0.39, 0.29) is 87.1 Å². The van der Waals surface area contributed by atoms with Crippen molar-refractivity contribution in [1.29, 1.82) is 5.26 Å². The SMILES string of the molecule is COc1nc(-c2cc(O)cc3cccc(F)c23)c(F)c2nc(OC[C@@]34CCCN(C5CC(C)(C#N)C5)[C@]3(C)CCC4)nc(N3CCOC[C@@](C)(O)C3)c12. The van der Waals surface area contributed by atoms with Crippen LogP contribution in [-0.2, 0) is 4.74 Å². The molecule has 0 bridgehead atoms. The van der Waals surface area contributed by atoms with Gasteiger partial charge in [-0.25, -0.2) is 13.8 Å². The number of nitriles is 1. The monoisotopic (exact) mass is 728 g/mol. The number of hydrogen-bond donors (Lipinski definition) is 2. The third-order valence-corrected chi connectivity index (χ3v) is 12.5. The maximum Gasteiger partial charge on any atom is 0.319 e. The van der Waals surface area contributed by atoms with Crippen LogP contribution in [-0.4, -0.2) is 93.8 Å². The lowest BCUT2D eigenvalue weighted by atomic mass is 9.61. The zero-order valence-electron chi connectivity index (χ0n) is 30.7. The Labute approximate surface area is 307 Å². The molecule has 53 heavy (non-hydrogen) atoms. The summed E-state index contributed by atoms with van der Waals surface area (Å²) in [6, 6.07) is 9.92. The first-order chi connectivity index (χ1) is 25.3. The second-order valence-electron chi connectivity index (χ2n) is 16.4. The predicted molar refractivity (Wildman–Crippen MR) is 195 cm³/mol. The van der Waals surface area contributed by atoms with Gasteiger partial charge in [-0.1, -0.05) is 18.6 Å². The Morgan fingerprint density at radius 3 is 2.60 bits per heavy atom. The van der Waals surface area contributed by atoms with Gasteiger partial charge >= 0.3 is 6.01 Å². The molecule has 4 heterocycles. The number of phenolic OH excluding ortho intramolecular Hbond substituents is 1. The van der Waals surface area contributed by atoms with E-state index in [4.69, 9.17) is 19.2 Å². The van der Waals surface area contributed by atoms with Crippen LogP contribution < -0.4 is 14.4 Å². The topological polar surface area (TPSA) is 137 Å². The summed E-state index contributed by atoms with van der Waals surface area (Å²) in [7, 11) is 1.40. The van der Waals surface area contributed by atoms with Gasteiger partial charge in [-0.15, -0.1) is 0 Å². The second kappa shape index (κ2) is 12.9. The third-order valence-electron chi connectivity index (χ3n) is 12.5. The summed E-state index contributed by atoms with van der Waals surface area (Å²) in [6.45, 7) is 8.16. The number of anilines is 1. The number of hydrogen-bond acceptors (Lipinski definition) is 11. The zero-order valence-corrected chi connectivity index (χ0v) is 30.7. The lowest BCUT2D eigenvalue weighted by Gasteiger charge is -2.60. The molecular weight excluding hydrogens is 682 g/mol. The first kappa shape index (κ1) is 35.6. The van der Waals surface area contributed by atoms with Crippen LogP contribution in [0.2, 0.25) is 0 Å². The van der Waals surface area contributed by atoms with E-state index in [9.17, 15) is 15.5 Å². The van der Waals surface area contributed by atoms with Crippen molar-refractivity contribution in [2.24, 2.45) is 10.8 Å². The first-order valence-corrected chi connectivity index (χ1v) is 18.5. The molecule has 11 nitrogen and oxygen atoms in total. The summed E-state index contributed by atoms with van der Waals surface area (Å²) in [5.74, 6) is -1.39. The Kier molecular flexibility index (Phi) is 8.67. The molecule has 2 aliphatic heterocycles. The molecule has 0 amide bonds. The van der Waals surface area contributed by atoms with Gasteiger partial charge in [-0.2, -0.15) is 15.2 Å². The molecule has 3 atom stereocenters. The van der Waals surface area contributed by atoms with E-state index in [0.717, 1.165) is 51.5 Å². The lowest BCUT2D eigenvalue weighted by molar-refractivity contribution is -0.117. The molecule has 0 radical (unpaired) electrons. The largest absolute Gasteiger partial charge is 0.508 e. The quantitative estimate of drug-likeness (QED) is 0.215. The number of nitrogens with zero attached hydrogens (tertiary/aromatic N) is 6. The summed E-state index contributed by atoms with van der Waals surface area (Å²) in [4.78, 5) is 18.5. The van der Waals surface area contributed by atoms with Crippen molar-refractivity contribution in [1.82, 2.24) is 19.9 Å². The maximum atomic E-state index is 17.2. The highest BCUT2D eigenvalue weighted by Gasteiger charge is 2.60. The fourth-order valence-electron chi connectivity index (χ4n) is 9.82. The van der Waals surface area contributed by atoms with Gasteiger partial charge in [-0.05, 0) is 89.4 Å². The molecule has 0 spiro atoms. The Morgan fingerprint density at radius 2 is 1.83 bits per heavy atom. The fraction of sp³-hybridized carbons (Fsp3) is 0.550. The summed E-state index contributed by atoms with van der Waals surface area (Å²) >= 11 is 0. The van der Waals surface area contributed by atoms with Crippen LogP contribution in [0.25, 0.3) is 32.9 Å². The molecule has 2 saturated carbocycles. The lowest BCUT2D eigenvalue weighted by Crippen LogP contribution is -2.66. The van der Waals surface area contributed by atoms with Gasteiger partial charge in [0.15, 0.2) is 5.82 Å². The van der Waals surface area contributed by atoms with Gasteiger partial charge in [-0.3, -0.25) is 4.90 Å². The van der Waals surface area contributed by atoms with Crippen molar-refractivity contribution in [2.75, 3.05) is 51.5 Å². The number of halogens is 2. The summed E-state index contributed by atoms with van der Waals surface area (Å²) in [6.07, 6.45) is 6.68. The minimum Gasteiger partial charge on any atom is -0.508 e. The van der Waals surface area contributed by atoms with Crippen LogP contribution in [0.1, 0.15) is 65.7 Å². The molecular formula is C40H46F2N6O5. The van der Waals surface area contributed by atoms with Crippen LogP contribution in [0.3, 0.4) is 0 Å². The average Bonchev–Trinajstić information content (AvgIpc) is 3.36. The molecule has 4 fully saturated rings. The van der Waals surface area contributed by atoms with Crippen LogP contribution >= 0.6 is 0 Å². The van der Waals surface area contributed by atoms with E-state index in [1.807, 2.05) is 6.92 Å². The van der Waals surface area contributed by atoms with E-state index in [1.165, 1.54) is 31.4 Å². The number of fused-ring (bicyclic) bond motifs is 3. The van der Waals surface area contributed by atoms with Crippen molar-refractivity contribution < 1.29 is 33.2 Å². The number of aromatic hydroxyl groups is 1. The van der Waals surface area contributed by atoms with E-state index in [2.05, 4.69) is 27.9 Å². The summed E-state index contributed by atoms with van der Waals surface area (Å²) in [5, 5.41) is 32.1. The zero-order chi connectivity index (χ0) is 37.3. The predicted octanol–water partition coefficient (Wildman–Crippen LogP) is 6.52. The Hall–Kier alpha value is -4.38. The number of rotatable bonds is 7. The number of phenols is 1. The summed E-state index contributed by atoms with van der Waals surface area (Å²) in [5.41, 5.74) is -2.26. The molecule has 8 rings (SSSR count). The molecule has 13 heteroatoms. The standard InChI is InChI=1S/C40H46F2N6O5/c1-37(20-43)18-25(19-37)48-13-7-12-40(11-6-10-39(40,48)3)23-53-36-45-33-30(34(46-36)47-14-15-52-22-38(2,50)21-47)35(51-4)44-32(31(33)42)27-17-26(49)16-24-8-5-9-28(41)29(24)27/h5,8-9,16-17,25,49-50H,6-7,10-15,18-19,21-23H2,1-4H3/t25?,37?,38-,39+,40+/m0/s1. The van der Waals surface area contributed by atoms with Gasteiger partial charge in [0.1, 0.15) is 39.6 Å². The van der Waals surface area contributed by atoms with Gasteiger partial charge in [0.05, 0.1) is 45.0 Å². The van der Waals surface area contributed by atoms with Gasteiger partial charge in [0, 0.05) is 34.5 Å². The number of ether oxygens (including phenoxy) is 3. The normalized spacial score (nSPS) is 30.5. The third kappa shape index (κ3) is 5.90. The van der Waals surface area contributed by atoms with Crippen LogP contribution in [0.5, 0.6) is 17.6 Å². The second-order valence-corrected chi connectivity index (χ2v) is 16.4. The first-order valence-electron chi connectivity index (χ1n) is 18.5. The van der Waals surface area contributed by atoms with Gasteiger partial charge in [0.2, 0.25) is 5.88 Å². The molecule has 2 aromatic heterocycles. The molecule has 2 aliphatic carbocycles. The molecule has 2 saturated heterocycles. The van der Waals surface area contributed by atoms with Crippen LogP contribution in [0.15, 0.2) is 30.3 Å². The highest BCUT2D eigenvalue weighted by atomic mass is 19.1. The number of methoxy groups -OCH3 is 1. The average molecular weight is 729 g/mol. The molecule has 4 aliphatic rings. The van der Waals surface area contributed by atoms with Crippen molar-refractivity contribution in [3.8, 4) is 35.0 Å². The van der Waals surface area contributed by atoms with E-state index >= 15 is 8.78 Å². The number of piperidine rings is 1. The van der Waals surface area contributed by atoms with Crippen molar-refractivity contribution in [2.45, 2.75) is 82.9 Å². The molecule has 2 aromatic carbocycles. The number of β-amino-alcohol motifs (C(OH)–C–C–N with tert-alkyl or cyclic N) is 1. The van der Waals surface area contributed by atoms with Gasteiger partial charge in [0.25, 0.3) is 0 Å². The highest BCUT2D eigenvalue weighted by Crippen LogP contribution is 2.58. The number of aliphatic hydroxyl groups is 1. The molecule has 280 valence electrons. The van der Waals surface area contributed by atoms with E-state index in [1.54, 1.807) is 17.9 Å². The highest BCUT2D eigenvalue weighted by molar-refractivity contribution is 6.02. The number of aromatic nitrogens is 3. The number of benzene rings is 2. The van der Waals surface area contributed by atoms with Crippen LogP contribution in [0, 0.1) is 33.8 Å².